The predicted octanol–water partition coefficient (Wildman–Crippen LogP) is 7.25. The molecule has 1 saturated carbocycles. The van der Waals surface area contributed by atoms with Gasteiger partial charge >= 0.3 is 0 Å². The minimum atomic E-state index is 0.691. The fourth-order valence-electron chi connectivity index (χ4n) is 4.61. The van der Waals surface area contributed by atoms with Crippen molar-refractivity contribution in [1.82, 2.24) is 9.97 Å². The number of aromatic nitrogens is 2. The molecule has 0 atom stereocenters. The van der Waals surface area contributed by atoms with Gasteiger partial charge in [-0.05, 0) is 30.2 Å². The summed E-state index contributed by atoms with van der Waals surface area (Å²) in [6.45, 7) is 2.30. The van der Waals surface area contributed by atoms with Gasteiger partial charge < -0.3 is 4.74 Å². The predicted molar refractivity (Wildman–Crippen MR) is 121 cm³/mol. The van der Waals surface area contributed by atoms with Crippen LogP contribution in [0.25, 0.3) is 11.4 Å². The van der Waals surface area contributed by atoms with E-state index in [9.17, 15) is 0 Å². The molecule has 2 aromatic rings. The van der Waals surface area contributed by atoms with Crippen LogP contribution < -0.4 is 4.74 Å². The molecule has 0 radical (unpaired) electrons. The van der Waals surface area contributed by atoms with Crippen LogP contribution >= 0.6 is 0 Å². The SMILES string of the molecule is CCCCCCCC1CCC(CCc2ccc(-c3ncc(OC)cn3)cc2)CC1. The van der Waals surface area contributed by atoms with Gasteiger partial charge in [-0.15, -0.1) is 0 Å². The van der Waals surface area contributed by atoms with Crippen LogP contribution in [0.1, 0.15) is 83.1 Å². The van der Waals surface area contributed by atoms with Crippen LogP contribution in [0.4, 0.5) is 0 Å². The first-order valence-corrected chi connectivity index (χ1v) is 11.7. The monoisotopic (exact) mass is 394 g/mol. The third kappa shape index (κ3) is 7.13. The van der Waals surface area contributed by atoms with E-state index in [4.69, 9.17) is 4.74 Å². The van der Waals surface area contributed by atoms with E-state index in [0.717, 1.165) is 23.2 Å². The average molecular weight is 395 g/mol. The summed E-state index contributed by atoms with van der Waals surface area (Å²) in [6.07, 6.45) is 20.4. The van der Waals surface area contributed by atoms with Crippen LogP contribution in [0, 0.1) is 11.8 Å². The summed E-state index contributed by atoms with van der Waals surface area (Å²) >= 11 is 0. The van der Waals surface area contributed by atoms with Crippen LogP contribution in [0.5, 0.6) is 5.75 Å². The van der Waals surface area contributed by atoms with Crippen LogP contribution in [0.2, 0.25) is 0 Å². The second kappa shape index (κ2) is 11.9. The largest absolute Gasteiger partial charge is 0.494 e. The molecule has 0 N–H and O–H groups in total. The van der Waals surface area contributed by atoms with Crippen LogP contribution in [0.3, 0.4) is 0 Å². The first-order valence-electron chi connectivity index (χ1n) is 11.7. The molecule has 0 bridgehead atoms. The fourth-order valence-corrected chi connectivity index (χ4v) is 4.61. The maximum Gasteiger partial charge on any atom is 0.159 e. The summed E-state index contributed by atoms with van der Waals surface area (Å²) in [4.78, 5) is 8.75. The zero-order chi connectivity index (χ0) is 20.3. The van der Waals surface area contributed by atoms with Gasteiger partial charge in [0.25, 0.3) is 0 Å². The highest BCUT2D eigenvalue weighted by Gasteiger charge is 2.20. The molecule has 1 aromatic heterocycles. The van der Waals surface area contributed by atoms with Gasteiger partial charge in [0.05, 0.1) is 19.5 Å². The van der Waals surface area contributed by atoms with E-state index in [1.54, 1.807) is 19.5 Å². The highest BCUT2D eigenvalue weighted by molar-refractivity contribution is 5.55. The Morgan fingerprint density at radius 1 is 0.828 bits per heavy atom. The van der Waals surface area contributed by atoms with Crippen molar-refractivity contribution in [3.63, 3.8) is 0 Å². The molecule has 3 rings (SSSR count). The van der Waals surface area contributed by atoms with E-state index in [2.05, 4.69) is 41.2 Å². The Morgan fingerprint density at radius 2 is 1.45 bits per heavy atom. The lowest BCUT2D eigenvalue weighted by atomic mass is 9.77. The van der Waals surface area contributed by atoms with Crippen molar-refractivity contribution in [2.24, 2.45) is 11.8 Å². The first-order chi connectivity index (χ1) is 14.3. The van der Waals surface area contributed by atoms with Crippen molar-refractivity contribution in [2.75, 3.05) is 7.11 Å². The Hall–Kier alpha value is -1.90. The topological polar surface area (TPSA) is 35.0 Å². The number of hydrogen-bond acceptors (Lipinski definition) is 3. The number of methoxy groups -OCH3 is 1. The summed E-state index contributed by atoms with van der Waals surface area (Å²) < 4.78 is 5.13. The lowest BCUT2D eigenvalue weighted by Gasteiger charge is -2.28. The summed E-state index contributed by atoms with van der Waals surface area (Å²) in [5.74, 6) is 3.38. The molecule has 0 amide bonds. The maximum atomic E-state index is 5.13. The second-order valence-electron chi connectivity index (χ2n) is 8.77. The Bertz CT molecular complexity index is 688. The number of nitrogens with zero attached hydrogens (tertiary/aromatic N) is 2. The second-order valence-corrected chi connectivity index (χ2v) is 8.77. The van der Waals surface area contributed by atoms with Gasteiger partial charge in [0.15, 0.2) is 11.6 Å². The van der Waals surface area contributed by atoms with Gasteiger partial charge in [0, 0.05) is 5.56 Å². The fraction of sp³-hybridized carbons (Fsp3) is 0.615. The molecule has 29 heavy (non-hydrogen) atoms. The van der Waals surface area contributed by atoms with E-state index in [0.29, 0.717) is 5.75 Å². The van der Waals surface area contributed by atoms with Gasteiger partial charge in [-0.2, -0.15) is 0 Å². The molecule has 0 spiro atoms. The zero-order valence-corrected chi connectivity index (χ0v) is 18.4. The summed E-state index contributed by atoms with van der Waals surface area (Å²) in [5, 5.41) is 0. The van der Waals surface area contributed by atoms with Crippen molar-refractivity contribution >= 4 is 0 Å². The van der Waals surface area contributed by atoms with Crippen molar-refractivity contribution in [3.05, 3.63) is 42.2 Å². The Morgan fingerprint density at radius 3 is 2.07 bits per heavy atom. The maximum absolute atomic E-state index is 5.13. The molecular weight excluding hydrogens is 356 g/mol. The van der Waals surface area contributed by atoms with Gasteiger partial charge in [-0.25, -0.2) is 9.97 Å². The molecule has 3 nitrogen and oxygen atoms in total. The quantitative estimate of drug-likeness (QED) is 0.376. The van der Waals surface area contributed by atoms with E-state index in [-0.39, 0.29) is 0 Å². The van der Waals surface area contributed by atoms with Gasteiger partial charge in [0.1, 0.15) is 0 Å². The molecule has 1 aromatic carbocycles. The van der Waals surface area contributed by atoms with Crippen LogP contribution in [-0.2, 0) is 6.42 Å². The summed E-state index contributed by atoms with van der Waals surface area (Å²) in [7, 11) is 1.63. The highest BCUT2D eigenvalue weighted by atomic mass is 16.5. The molecular formula is C26H38N2O. The Labute approximate surface area is 177 Å². The molecule has 3 heteroatoms. The first kappa shape index (κ1) is 21.8. The number of benzene rings is 1. The van der Waals surface area contributed by atoms with Crippen molar-refractivity contribution < 1.29 is 4.74 Å². The minimum Gasteiger partial charge on any atom is -0.494 e. The van der Waals surface area contributed by atoms with E-state index in [1.165, 1.54) is 82.6 Å². The molecule has 1 heterocycles. The lowest BCUT2D eigenvalue weighted by Crippen LogP contribution is -2.15. The van der Waals surface area contributed by atoms with Crippen molar-refractivity contribution in [2.45, 2.75) is 84.0 Å². The molecule has 0 aliphatic heterocycles. The lowest BCUT2D eigenvalue weighted by molar-refractivity contribution is 0.248. The van der Waals surface area contributed by atoms with E-state index in [1.807, 2.05) is 0 Å². The Balaban J connectivity index is 1.36. The highest BCUT2D eigenvalue weighted by Crippen LogP contribution is 2.34. The number of aryl methyl sites for hydroxylation is 1. The zero-order valence-electron chi connectivity index (χ0n) is 18.4. The number of rotatable bonds is 11. The minimum absolute atomic E-state index is 0.691. The average Bonchev–Trinajstić information content (AvgIpc) is 2.79. The molecule has 158 valence electrons. The molecule has 1 fully saturated rings. The van der Waals surface area contributed by atoms with Crippen LogP contribution in [-0.4, -0.2) is 17.1 Å². The van der Waals surface area contributed by atoms with Crippen molar-refractivity contribution in [1.29, 1.82) is 0 Å². The number of ether oxygens (including phenoxy) is 1. The van der Waals surface area contributed by atoms with Crippen LogP contribution in [0.15, 0.2) is 36.7 Å². The third-order valence-electron chi connectivity index (χ3n) is 6.60. The molecule has 0 unspecified atom stereocenters. The molecule has 1 aliphatic carbocycles. The molecule has 1 aliphatic rings. The normalized spacial score (nSPS) is 19.2. The Kier molecular flexibility index (Phi) is 8.98. The van der Waals surface area contributed by atoms with E-state index < -0.39 is 0 Å². The van der Waals surface area contributed by atoms with E-state index >= 15 is 0 Å². The van der Waals surface area contributed by atoms with Gasteiger partial charge in [-0.1, -0.05) is 95.4 Å². The summed E-state index contributed by atoms with van der Waals surface area (Å²) in [6, 6.07) is 8.77. The third-order valence-corrected chi connectivity index (χ3v) is 6.60. The molecule has 0 saturated heterocycles. The van der Waals surface area contributed by atoms with Crippen molar-refractivity contribution in [3.8, 4) is 17.1 Å². The van der Waals surface area contributed by atoms with Gasteiger partial charge in [-0.3, -0.25) is 0 Å². The smallest absolute Gasteiger partial charge is 0.159 e. The number of unbranched alkanes of at least 4 members (excludes halogenated alkanes) is 4. The summed E-state index contributed by atoms with van der Waals surface area (Å²) in [5.41, 5.74) is 2.50. The standard InChI is InChI=1S/C26H38N2O/c1-3-4-5-6-7-8-21-9-11-22(12-10-21)13-14-23-15-17-24(18-16-23)26-27-19-25(29-2)20-28-26/h15-22H,3-14H2,1-2H3. The van der Waals surface area contributed by atoms with Gasteiger partial charge in [0.2, 0.25) is 0 Å². The number of hydrogen-bond donors (Lipinski definition) is 0.